The van der Waals surface area contributed by atoms with Crippen LogP contribution in [0.2, 0.25) is 5.02 Å². The topological polar surface area (TPSA) is 47.6 Å². The van der Waals surface area contributed by atoms with E-state index in [1.165, 1.54) is 0 Å². The highest BCUT2D eigenvalue weighted by Gasteiger charge is 2.21. The van der Waals surface area contributed by atoms with Gasteiger partial charge in [0, 0.05) is 29.7 Å². The molecule has 28 heavy (non-hydrogen) atoms. The first kappa shape index (κ1) is 21.3. The Morgan fingerprint density at radius 3 is 2.54 bits per heavy atom. The van der Waals surface area contributed by atoms with E-state index >= 15 is 0 Å². The number of nitrogens with zero attached hydrogens (tertiary/aromatic N) is 2. The molecule has 1 fully saturated rings. The minimum Gasteiger partial charge on any atom is -0.366 e. The summed E-state index contributed by atoms with van der Waals surface area (Å²) in [5, 5.41) is 6.83. The summed E-state index contributed by atoms with van der Waals surface area (Å²) in [5.74, 6) is -0.234. The van der Waals surface area contributed by atoms with Crippen molar-refractivity contribution >= 4 is 68.8 Å². The van der Waals surface area contributed by atoms with Crippen LogP contribution in [0.15, 0.2) is 42.5 Å². The van der Waals surface area contributed by atoms with Gasteiger partial charge in [0.2, 0.25) is 0 Å². The Morgan fingerprint density at radius 2 is 1.86 bits per heavy atom. The van der Waals surface area contributed by atoms with Crippen LogP contribution in [0.25, 0.3) is 0 Å². The Labute approximate surface area is 189 Å². The molecular weight excluding hydrogens is 507 g/mol. The van der Waals surface area contributed by atoms with Crippen LogP contribution >= 0.6 is 46.4 Å². The van der Waals surface area contributed by atoms with Gasteiger partial charge >= 0.3 is 0 Å². The van der Waals surface area contributed by atoms with E-state index in [0.29, 0.717) is 10.6 Å². The van der Waals surface area contributed by atoms with Gasteiger partial charge in [-0.3, -0.25) is 10.1 Å². The predicted molar refractivity (Wildman–Crippen MR) is 129 cm³/mol. The lowest BCUT2D eigenvalue weighted by Gasteiger charge is -2.37. The average molecular weight is 529 g/mol. The number of benzene rings is 2. The number of thiocarbonyl (C=S) groups is 1. The van der Waals surface area contributed by atoms with Crippen molar-refractivity contribution in [3.63, 3.8) is 0 Å². The molecule has 2 aromatic carbocycles. The molecule has 1 heterocycles. The van der Waals surface area contributed by atoms with Gasteiger partial charge in [0.15, 0.2) is 5.11 Å². The summed E-state index contributed by atoms with van der Waals surface area (Å²) in [6, 6.07) is 13.1. The number of anilines is 2. The van der Waals surface area contributed by atoms with Crippen LogP contribution in [0.3, 0.4) is 0 Å². The second kappa shape index (κ2) is 9.87. The molecule has 148 valence electrons. The summed E-state index contributed by atoms with van der Waals surface area (Å²) in [6.45, 7) is 7.01. The molecule has 0 unspecified atom stereocenters. The third-order valence-corrected chi connectivity index (χ3v) is 6.17. The summed E-state index contributed by atoms with van der Waals surface area (Å²) in [5.41, 5.74) is 2.31. The molecule has 8 heteroatoms. The quantitative estimate of drug-likeness (QED) is 0.460. The Hall–Kier alpha value is -1.42. The van der Waals surface area contributed by atoms with E-state index in [-0.39, 0.29) is 11.0 Å². The van der Waals surface area contributed by atoms with Crippen molar-refractivity contribution in [2.24, 2.45) is 0 Å². The predicted octanol–water partition coefficient (Wildman–Crippen LogP) is 4.21. The highest BCUT2D eigenvalue weighted by atomic mass is 127. The highest BCUT2D eigenvalue weighted by Crippen LogP contribution is 2.34. The molecule has 2 aromatic rings. The summed E-state index contributed by atoms with van der Waals surface area (Å²) >= 11 is 14.0. The van der Waals surface area contributed by atoms with E-state index in [1.54, 1.807) is 6.07 Å². The maximum Gasteiger partial charge on any atom is 0.258 e. The van der Waals surface area contributed by atoms with E-state index in [9.17, 15) is 4.79 Å². The molecule has 0 radical (unpaired) electrons. The molecule has 5 nitrogen and oxygen atoms in total. The molecule has 1 aliphatic heterocycles. The fourth-order valence-electron chi connectivity index (χ4n) is 3.19. The Morgan fingerprint density at radius 1 is 1.14 bits per heavy atom. The van der Waals surface area contributed by atoms with Crippen molar-refractivity contribution in [1.82, 2.24) is 10.2 Å². The first-order valence-corrected chi connectivity index (χ1v) is 11.0. The number of rotatable bonds is 4. The maximum atomic E-state index is 12.5. The standard InChI is InChI=1S/C20H22ClIN4OS/c1-2-25-10-12-26(13-11-25)18-15(21)7-5-9-17(18)23-20(28)24-19(27)14-6-3-4-8-16(14)22/h3-9H,2,10-13H2,1H3,(H2,23,24,27,28). The lowest BCUT2D eigenvalue weighted by atomic mass is 10.2. The number of hydrogen-bond acceptors (Lipinski definition) is 4. The van der Waals surface area contributed by atoms with Crippen molar-refractivity contribution in [2.75, 3.05) is 42.9 Å². The van der Waals surface area contributed by atoms with Gasteiger partial charge in [-0.25, -0.2) is 0 Å². The summed E-state index contributed by atoms with van der Waals surface area (Å²) < 4.78 is 0.873. The Balaban J connectivity index is 1.72. The first-order chi connectivity index (χ1) is 13.5. The van der Waals surface area contributed by atoms with Gasteiger partial charge in [0.05, 0.1) is 22.0 Å². The van der Waals surface area contributed by atoms with Crippen LogP contribution in [0.5, 0.6) is 0 Å². The van der Waals surface area contributed by atoms with E-state index in [2.05, 4.69) is 49.9 Å². The molecule has 0 bridgehead atoms. The molecule has 3 rings (SSSR count). The number of hydrogen-bond donors (Lipinski definition) is 2. The zero-order valence-electron chi connectivity index (χ0n) is 15.5. The van der Waals surface area contributed by atoms with Gasteiger partial charge in [0.25, 0.3) is 5.91 Å². The van der Waals surface area contributed by atoms with Gasteiger partial charge in [-0.15, -0.1) is 0 Å². The molecule has 1 saturated heterocycles. The molecule has 2 N–H and O–H groups in total. The molecular formula is C20H22ClIN4OS. The fraction of sp³-hybridized carbons (Fsp3) is 0.300. The van der Waals surface area contributed by atoms with Gasteiger partial charge in [0.1, 0.15) is 0 Å². The maximum absolute atomic E-state index is 12.5. The van der Waals surface area contributed by atoms with E-state index in [0.717, 1.165) is 47.7 Å². The number of likely N-dealkylation sites (N-methyl/N-ethyl adjacent to an activating group) is 1. The number of para-hydroxylation sites is 1. The highest BCUT2D eigenvalue weighted by molar-refractivity contribution is 14.1. The normalized spacial score (nSPS) is 14.6. The monoisotopic (exact) mass is 528 g/mol. The van der Waals surface area contributed by atoms with Crippen LogP contribution in [0.1, 0.15) is 17.3 Å². The zero-order valence-corrected chi connectivity index (χ0v) is 19.3. The van der Waals surface area contributed by atoms with Crippen LogP contribution in [0.4, 0.5) is 11.4 Å². The fourth-order valence-corrected chi connectivity index (χ4v) is 4.32. The third kappa shape index (κ3) is 5.14. The smallest absolute Gasteiger partial charge is 0.258 e. The van der Waals surface area contributed by atoms with Gasteiger partial charge in [-0.2, -0.15) is 0 Å². The number of nitrogens with one attached hydrogen (secondary N) is 2. The first-order valence-electron chi connectivity index (χ1n) is 9.12. The lowest BCUT2D eigenvalue weighted by Crippen LogP contribution is -2.46. The number of halogens is 2. The van der Waals surface area contributed by atoms with Gasteiger partial charge in [-0.1, -0.05) is 36.7 Å². The SMILES string of the molecule is CCN1CCN(c2c(Cl)cccc2NC(=S)NC(=O)c2ccccc2I)CC1. The summed E-state index contributed by atoms with van der Waals surface area (Å²) in [7, 11) is 0. The third-order valence-electron chi connectivity index (χ3n) is 4.72. The van der Waals surface area contributed by atoms with Crippen LogP contribution < -0.4 is 15.5 Å². The minimum atomic E-state index is -0.234. The van der Waals surface area contributed by atoms with E-state index < -0.39 is 0 Å². The summed E-state index contributed by atoms with van der Waals surface area (Å²) in [4.78, 5) is 17.2. The van der Waals surface area contributed by atoms with Crippen molar-refractivity contribution in [1.29, 1.82) is 0 Å². The molecule has 0 spiro atoms. The largest absolute Gasteiger partial charge is 0.366 e. The average Bonchev–Trinajstić information content (AvgIpc) is 2.68. The number of carbonyl (C=O) groups excluding carboxylic acids is 1. The molecule has 0 aromatic heterocycles. The molecule has 0 atom stereocenters. The second-order valence-corrected chi connectivity index (χ2v) is 8.42. The number of amides is 1. The van der Waals surface area contributed by atoms with Gasteiger partial charge < -0.3 is 15.1 Å². The van der Waals surface area contributed by atoms with Crippen molar-refractivity contribution in [3.05, 3.63) is 56.6 Å². The second-order valence-electron chi connectivity index (χ2n) is 6.45. The van der Waals surface area contributed by atoms with Crippen molar-refractivity contribution in [3.8, 4) is 0 Å². The lowest BCUT2D eigenvalue weighted by molar-refractivity contribution is 0.0977. The summed E-state index contributed by atoms with van der Waals surface area (Å²) in [6.07, 6.45) is 0. The van der Waals surface area contributed by atoms with Crippen LogP contribution in [-0.2, 0) is 0 Å². The number of carbonyl (C=O) groups is 1. The Bertz CT molecular complexity index is 871. The van der Waals surface area contributed by atoms with Crippen molar-refractivity contribution in [2.45, 2.75) is 6.92 Å². The molecule has 0 saturated carbocycles. The Kier molecular flexibility index (Phi) is 7.50. The van der Waals surface area contributed by atoms with Crippen molar-refractivity contribution < 1.29 is 4.79 Å². The van der Waals surface area contributed by atoms with Crippen LogP contribution in [0, 0.1) is 3.57 Å². The minimum absolute atomic E-state index is 0.234. The zero-order chi connectivity index (χ0) is 20.1. The van der Waals surface area contributed by atoms with Crippen LogP contribution in [-0.4, -0.2) is 48.6 Å². The molecule has 1 aliphatic rings. The molecule has 1 amide bonds. The molecule has 0 aliphatic carbocycles. The van der Waals surface area contributed by atoms with E-state index in [4.69, 9.17) is 23.8 Å². The number of piperazine rings is 1. The van der Waals surface area contributed by atoms with E-state index in [1.807, 2.05) is 36.4 Å². The van der Waals surface area contributed by atoms with Gasteiger partial charge in [-0.05, 0) is 65.6 Å².